The van der Waals surface area contributed by atoms with E-state index < -0.39 is 11.9 Å². The molecule has 0 bridgehead atoms. The lowest BCUT2D eigenvalue weighted by Gasteiger charge is -2.02. The molecule has 2 heterocycles. The van der Waals surface area contributed by atoms with Crippen molar-refractivity contribution < 1.29 is 14.0 Å². The molecule has 2 aromatic rings. The molecular formula is C13H9ClN4O3. The number of nitrogens with one attached hydrogen (secondary N) is 1. The monoisotopic (exact) mass is 304 g/mol. The number of hydrazone groups is 1. The van der Waals surface area contributed by atoms with Gasteiger partial charge in [-0.1, -0.05) is 11.6 Å². The van der Waals surface area contributed by atoms with Crippen LogP contribution in [0.25, 0.3) is 11.3 Å². The fraction of sp³-hybridized carbons (Fsp3) is 0.0769. The molecule has 7 nitrogen and oxygen atoms in total. The van der Waals surface area contributed by atoms with Crippen LogP contribution in [-0.4, -0.2) is 34.7 Å². The second-order valence-electron chi connectivity index (χ2n) is 4.23. The summed E-state index contributed by atoms with van der Waals surface area (Å²) in [5.41, 5.74) is 0.820. The Bertz CT molecular complexity index is 723. The maximum atomic E-state index is 11.3. The lowest BCUT2D eigenvalue weighted by Crippen LogP contribution is -2.24. The number of oxazole rings is 1. The molecule has 0 saturated carbocycles. The zero-order valence-electron chi connectivity index (χ0n) is 10.6. The highest BCUT2D eigenvalue weighted by molar-refractivity contribution is 6.30. The van der Waals surface area contributed by atoms with Crippen LogP contribution in [0, 0.1) is 0 Å². The van der Waals surface area contributed by atoms with Crippen molar-refractivity contribution in [3.8, 4) is 11.3 Å². The van der Waals surface area contributed by atoms with E-state index in [4.69, 9.17) is 16.0 Å². The standard InChI is InChI=1S/C13H9ClN4O3/c14-9-3-1-8(2-4-9)10-5-15-12(21-10)6-16-18-7-11(19)17-13(18)20/h1-6H,7H2,(H,17,19,20)/b16-6+. The van der Waals surface area contributed by atoms with Gasteiger partial charge in [-0.05, 0) is 24.3 Å². The molecular weight excluding hydrogens is 296 g/mol. The van der Waals surface area contributed by atoms with Crippen LogP contribution in [0.4, 0.5) is 4.79 Å². The minimum Gasteiger partial charge on any atom is -0.435 e. The second-order valence-corrected chi connectivity index (χ2v) is 4.66. The van der Waals surface area contributed by atoms with Crippen LogP contribution >= 0.6 is 11.6 Å². The van der Waals surface area contributed by atoms with E-state index in [0.29, 0.717) is 10.8 Å². The van der Waals surface area contributed by atoms with Crippen molar-refractivity contribution in [2.45, 2.75) is 0 Å². The van der Waals surface area contributed by atoms with Gasteiger partial charge in [-0.15, -0.1) is 0 Å². The Balaban J connectivity index is 1.75. The Kier molecular flexibility index (Phi) is 3.41. The summed E-state index contributed by atoms with van der Waals surface area (Å²) in [6.07, 6.45) is 2.82. The zero-order valence-corrected chi connectivity index (χ0v) is 11.4. The van der Waals surface area contributed by atoms with Gasteiger partial charge in [0.1, 0.15) is 12.8 Å². The molecule has 1 aromatic heterocycles. The maximum Gasteiger partial charge on any atom is 0.344 e. The molecule has 21 heavy (non-hydrogen) atoms. The number of hydrogen-bond donors (Lipinski definition) is 1. The van der Waals surface area contributed by atoms with Crippen LogP contribution in [0.15, 0.2) is 40.0 Å². The number of amides is 3. The van der Waals surface area contributed by atoms with Crippen molar-refractivity contribution in [3.05, 3.63) is 41.4 Å². The van der Waals surface area contributed by atoms with Gasteiger partial charge in [0.15, 0.2) is 5.76 Å². The molecule has 1 saturated heterocycles. The second kappa shape index (κ2) is 5.37. The molecule has 1 fully saturated rings. The summed E-state index contributed by atoms with van der Waals surface area (Å²) >= 11 is 5.81. The Morgan fingerprint density at radius 1 is 1.33 bits per heavy atom. The molecule has 1 aromatic carbocycles. The molecule has 0 aliphatic carbocycles. The van der Waals surface area contributed by atoms with Crippen molar-refractivity contribution in [1.82, 2.24) is 15.3 Å². The lowest BCUT2D eigenvalue weighted by molar-refractivity contribution is -0.118. The summed E-state index contributed by atoms with van der Waals surface area (Å²) in [6, 6.07) is 6.52. The van der Waals surface area contributed by atoms with Gasteiger partial charge in [-0.2, -0.15) is 5.10 Å². The fourth-order valence-corrected chi connectivity index (χ4v) is 1.86. The first-order valence-electron chi connectivity index (χ1n) is 5.99. The minimum absolute atomic E-state index is 0.111. The quantitative estimate of drug-likeness (QED) is 0.692. The SMILES string of the molecule is O=C1CN(/N=C/c2ncc(-c3ccc(Cl)cc3)o2)C(=O)N1. The van der Waals surface area contributed by atoms with E-state index in [1.807, 2.05) is 0 Å². The smallest absolute Gasteiger partial charge is 0.344 e. The Hall–Kier alpha value is -2.67. The highest BCUT2D eigenvalue weighted by atomic mass is 35.5. The van der Waals surface area contributed by atoms with Gasteiger partial charge in [0, 0.05) is 10.6 Å². The lowest BCUT2D eigenvalue weighted by atomic mass is 10.2. The topological polar surface area (TPSA) is 87.8 Å². The number of carbonyl (C=O) groups is 2. The summed E-state index contributed by atoms with van der Waals surface area (Å²) in [4.78, 5) is 26.3. The maximum absolute atomic E-state index is 11.3. The summed E-state index contributed by atoms with van der Waals surface area (Å²) < 4.78 is 5.48. The minimum atomic E-state index is -0.569. The molecule has 1 N–H and O–H groups in total. The van der Waals surface area contributed by atoms with E-state index >= 15 is 0 Å². The Labute approximate surface area is 124 Å². The van der Waals surface area contributed by atoms with Gasteiger partial charge in [0.2, 0.25) is 11.8 Å². The third-order valence-corrected chi connectivity index (χ3v) is 2.99. The van der Waals surface area contributed by atoms with E-state index in [1.54, 1.807) is 30.5 Å². The van der Waals surface area contributed by atoms with Crippen molar-refractivity contribution >= 4 is 29.8 Å². The van der Waals surface area contributed by atoms with E-state index in [9.17, 15) is 9.59 Å². The predicted octanol–water partition coefficient (Wildman–Crippen LogP) is 1.88. The molecule has 106 valence electrons. The van der Waals surface area contributed by atoms with Crippen molar-refractivity contribution in [2.24, 2.45) is 5.10 Å². The third-order valence-electron chi connectivity index (χ3n) is 2.73. The number of aromatic nitrogens is 1. The number of imide groups is 1. The average Bonchev–Trinajstić information content (AvgIpc) is 3.04. The van der Waals surface area contributed by atoms with E-state index in [-0.39, 0.29) is 12.4 Å². The van der Waals surface area contributed by atoms with Gasteiger partial charge in [0.25, 0.3) is 0 Å². The largest absolute Gasteiger partial charge is 0.435 e. The molecule has 8 heteroatoms. The summed E-state index contributed by atoms with van der Waals surface area (Å²) in [5, 5.41) is 7.58. The summed E-state index contributed by atoms with van der Waals surface area (Å²) in [7, 11) is 0. The Morgan fingerprint density at radius 3 is 2.76 bits per heavy atom. The molecule has 0 atom stereocenters. The van der Waals surface area contributed by atoms with E-state index in [2.05, 4.69) is 15.4 Å². The molecule has 1 aliphatic rings. The van der Waals surface area contributed by atoms with Gasteiger partial charge in [-0.3, -0.25) is 10.1 Å². The molecule has 0 spiro atoms. The number of benzene rings is 1. The number of hydrogen-bond acceptors (Lipinski definition) is 5. The van der Waals surface area contributed by atoms with Crippen molar-refractivity contribution in [3.63, 3.8) is 0 Å². The van der Waals surface area contributed by atoms with Gasteiger partial charge < -0.3 is 4.42 Å². The van der Waals surface area contributed by atoms with Crippen LogP contribution in [-0.2, 0) is 4.79 Å². The first kappa shape index (κ1) is 13.3. The molecule has 0 radical (unpaired) electrons. The van der Waals surface area contributed by atoms with Crippen molar-refractivity contribution in [2.75, 3.05) is 6.54 Å². The highest BCUT2D eigenvalue weighted by Gasteiger charge is 2.26. The van der Waals surface area contributed by atoms with Crippen molar-refractivity contribution in [1.29, 1.82) is 0 Å². The Morgan fingerprint density at radius 2 is 2.10 bits per heavy atom. The predicted molar refractivity (Wildman–Crippen MR) is 74.8 cm³/mol. The van der Waals surface area contributed by atoms with Gasteiger partial charge in [0.05, 0.1) is 6.20 Å². The average molecular weight is 305 g/mol. The van der Waals surface area contributed by atoms with E-state index in [1.165, 1.54) is 6.21 Å². The molecule has 3 amide bonds. The van der Waals surface area contributed by atoms with Crippen LogP contribution in [0.1, 0.15) is 5.89 Å². The van der Waals surface area contributed by atoms with Crippen LogP contribution in [0.5, 0.6) is 0 Å². The number of rotatable bonds is 3. The number of nitrogens with zero attached hydrogens (tertiary/aromatic N) is 3. The van der Waals surface area contributed by atoms with Crippen LogP contribution in [0.3, 0.4) is 0 Å². The van der Waals surface area contributed by atoms with Crippen LogP contribution in [0.2, 0.25) is 5.02 Å². The number of urea groups is 1. The molecule has 0 unspecified atom stereocenters. The summed E-state index contributed by atoms with van der Waals surface area (Å²) in [5.74, 6) is 0.383. The fourth-order valence-electron chi connectivity index (χ4n) is 1.74. The molecule has 3 rings (SSSR count). The molecule has 1 aliphatic heterocycles. The normalized spacial score (nSPS) is 15.0. The summed E-state index contributed by atoms with van der Waals surface area (Å²) in [6.45, 7) is -0.111. The number of halogens is 1. The highest BCUT2D eigenvalue weighted by Crippen LogP contribution is 2.21. The van der Waals surface area contributed by atoms with Crippen LogP contribution < -0.4 is 5.32 Å². The first-order valence-corrected chi connectivity index (χ1v) is 6.37. The van der Waals surface area contributed by atoms with E-state index in [0.717, 1.165) is 10.6 Å². The first-order chi connectivity index (χ1) is 10.1. The number of carbonyl (C=O) groups excluding carboxylic acids is 2. The third kappa shape index (κ3) is 2.92. The van der Waals surface area contributed by atoms with Gasteiger partial charge >= 0.3 is 6.03 Å². The zero-order chi connectivity index (χ0) is 14.8. The van der Waals surface area contributed by atoms with Gasteiger partial charge in [-0.25, -0.2) is 14.8 Å².